The number of rotatable bonds is 6. The van der Waals surface area contributed by atoms with Crippen LogP contribution in [0.2, 0.25) is 5.02 Å². The Morgan fingerprint density at radius 1 is 1.23 bits per heavy atom. The van der Waals surface area contributed by atoms with Crippen molar-refractivity contribution >= 4 is 40.7 Å². The van der Waals surface area contributed by atoms with Crippen molar-refractivity contribution in [2.45, 2.75) is 18.4 Å². The lowest BCUT2D eigenvalue weighted by atomic mass is 10.1. The van der Waals surface area contributed by atoms with Crippen LogP contribution >= 0.6 is 23.4 Å². The monoisotopic (exact) mass is 334 g/mol. The van der Waals surface area contributed by atoms with Gasteiger partial charge in [-0.2, -0.15) is 0 Å². The van der Waals surface area contributed by atoms with Gasteiger partial charge in [-0.1, -0.05) is 30.3 Å². The first kappa shape index (κ1) is 16.5. The van der Waals surface area contributed by atoms with E-state index >= 15 is 0 Å². The highest BCUT2D eigenvalue weighted by atomic mass is 35.5. The van der Waals surface area contributed by atoms with Crippen LogP contribution in [0.25, 0.3) is 0 Å². The van der Waals surface area contributed by atoms with Crippen LogP contribution in [0.15, 0.2) is 47.6 Å². The minimum absolute atomic E-state index is 0.0138. The maximum absolute atomic E-state index is 12.1. The zero-order chi connectivity index (χ0) is 15.9. The second-order valence-electron chi connectivity index (χ2n) is 4.48. The van der Waals surface area contributed by atoms with Crippen molar-refractivity contribution in [2.24, 2.45) is 0 Å². The van der Waals surface area contributed by atoms with E-state index in [1.54, 1.807) is 49.5 Å². The summed E-state index contributed by atoms with van der Waals surface area (Å²) in [5, 5.41) is 3.92. The van der Waals surface area contributed by atoms with E-state index in [-0.39, 0.29) is 17.4 Å². The number of ketones is 1. The number of hydrogen-bond donors (Lipinski definition) is 1. The third-order valence-corrected chi connectivity index (χ3v) is 4.30. The summed E-state index contributed by atoms with van der Waals surface area (Å²) in [7, 11) is 0. The highest BCUT2D eigenvalue weighted by molar-refractivity contribution is 8.00. The molecule has 114 valence electrons. The van der Waals surface area contributed by atoms with Gasteiger partial charge >= 0.3 is 0 Å². The summed E-state index contributed by atoms with van der Waals surface area (Å²) >= 11 is 7.31. The Kier molecular flexibility index (Phi) is 5.98. The van der Waals surface area contributed by atoms with Gasteiger partial charge in [0.25, 0.3) is 0 Å². The van der Waals surface area contributed by atoms with Crippen molar-refractivity contribution < 1.29 is 9.59 Å². The summed E-state index contributed by atoms with van der Waals surface area (Å²) in [5.74, 6) is 0.191. The van der Waals surface area contributed by atoms with E-state index in [2.05, 4.69) is 10.3 Å². The molecule has 1 N–H and O–H groups in total. The van der Waals surface area contributed by atoms with Crippen LogP contribution in [0, 0.1) is 0 Å². The van der Waals surface area contributed by atoms with Crippen LogP contribution in [0.4, 0.5) is 5.69 Å². The molecule has 4 nitrogen and oxygen atoms in total. The first-order chi connectivity index (χ1) is 10.6. The van der Waals surface area contributed by atoms with Crippen molar-refractivity contribution in [1.82, 2.24) is 4.98 Å². The van der Waals surface area contributed by atoms with E-state index in [1.165, 1.54) is 11.8 Å². The second kappa shape index (κ2) is 7.96. The van der Waals surface area contributed by atoms with E-state index < -0.39 is 0 Å². The molecule has 0 aliphatic rings. The molecule has 1 aromatic carbocycles. The van der Waals surface area contributed by atoms with Crippen LogP contribution in [0.5, 0.6) is 0 Å². The first-order valence-corrected chi connectivity index (χ1v) is 8.13. The second-order valence-corrected chi connectivity index (χ2v) is 5.85. The number of nitrogens with one attached hydrogen (secondary N) is 1. The van der Waals surface area contributed by atoms with Crippen molar-refractivity contribution in [3.05, 3.63) is 53.2 Å². The number of aromatic nitrogens is 1. The molecule has 0 radical (unpaired) electrons. The van der Waals surface area contributed by atoms with Crippen LogP contribution in [-0.2, 0) is 4.79 Å². The zero-order valence-electron chi connectivity index (χ0n) is 12.0. The van der Waals surface area contributed by atoms with E-state index in [0.29, 0.717) is 27.7 Å². The molecule has 2 rings (SSSR count). The van der Waals surface area contributed by atoms with Crippen LogP contribution in [-0.4, -0.2) is 22.4 Å². The number of carbonyl (C=O) groups excluding carboxylic acids is 2. The molecule has 1 amide bonds. The van der Waals surface area contributed by atoms with Gasteiger partial charge in [0.15, 0.2) is 5.78 Å². The Morgan fingerprint density at radius 2 is 1.95 bits per heavy atom. The van der Waals surface area contributed by atoms with E-state index in [9.17, 15) is 9.59 Å². The maximum atomic E-state index is 12.1. The number of hydrogen-bond acceptors (Lipinski definition) is 4. The van der Waals surface area contributed by atoms with Crippen LogP contribution in [0.1, 0.15) is 23.7 Å². The summed E-state index contributed by atoms with van der Waals surface area (Å²) in [6.45, 7) is 1.78. The highest BCUT2D eigenvalue weighted by Gasteiger charge is 2.09. The van der Waals surface area contributed by atoms with Gasteiger partial charge in [0.1, 0.15) is 5.03 Å². The minimum Gasteiger partial charge on any atom is -0.326 e. The molecule has 0 fully saturated rings. The van der Waals surface area contributed by atoms with Crippen molar-refractivity contribution in [3.8, 4) is 0 Å². The lowest BCUT2D eigenvalue weighted by molar-refractivity contribution is -0.115. The molecular weight excluding hydrogens is 320 g/mol. The van der Waals surface area contributed by atoms with Crippen LogP contribution < -0.4 is 5.32 Å². The smallest absolute Gasteiger partial charge is 0.224 e. The topological polar surface area (TPSA) is 59.1 Å². The zero-order valence-corrected chi connectivity index (χ0v) is 13.6. The summed E-state index contributed by atoms with van der Waals surface area (Å²) < 4.78 is 0. The number of pyridine rings is 1. The van der Waals surface area contributed by atoms with Gasteiger partial charge in [-0.3, -0.25) is 9.59 Å². The Bertz CT molecular complexity index is 674. The molecule has 1 aromatic heterocycles. The van der Waals surface area contributed by atoms with Gasteiger partial charge in [-0.15, -0.1) is 0 Å². The number of amides is 1. The largest absolute Gasteiger partial charge is 0.326 e. The Hall–Kier alpha value is -1.85. The van der Waals surface area contributed by atoms with Crippen molar-refractivity contribution in [3.63, 3.8) is 0 Å². The molecule has 2 aromatic rings. The summed E-state index contributed by atoms with van der Waals surface area (Å²) in [4.78, 5) is 27.6. The molecule has 0 saturated heterocycles. The molecule has 0 atom stereocenters. The molecule has 0 aliphatic heterocycles. The predicted molar refractivity (Wildman–Crippen MR) is 89.7 cm³/mol. The highest BCUT2D eigenvalue weighted by Crippen LogP contribution is 2.24. The van der Waals surface area contributed by atoms with Gasteiger partial charge < -0.3 is 5.32 Å². The third-order valence-electron chi connectivity index (χ3n) is 2.88. The molecule has 1 heterocycles. The summed E-state index contributed by atoms with van der Waals surface area (Å²) in [6, 6.07) is 10.3. The molecule has 0 aliphatic carbocycles. The van der Waals surface area contributed by atoms with Crippen molar-refractivity contribution in [1.29, 1.82) is 0 Å². The molecule has 0 unspecified atom stereocenters. The molecule has 6 heteroatoms. The number of carbonyl (C=O) groups is 2. The average molecular weight is 335 g/mol. The fourth-order valence-corrected chi connectivity index (χ4v) is 2.74. The predicted octanol–water partition coefficient (Wildman–Crippen LogP) is 4.06. The number of halogens is 1. The Balaban J connectivity index is 1.95. The lowest BCUT2D eigenvalue weighted by Crippen LogP contribution is -2.09. The SMILES string of the molecule is CCC(=O)Nc1ccc(C(=O)CSc2ncccc2Cl)cc1. The van der Waals surface area contributed by atoms with E-state index in [0.717, 1.165) is 0 Å². The van der Waals surface area contributed by atoms with Gasteiger partial charge in [0.2, 0.25) is 5.91 Å². The minimum atomic E-state index is -0.0561. The maximum Gasteiger partial charge on any atom is 0.224 e. The van der Waals surface area contributed by atoms with Crippen molar-refractivity contribution in [2.75, 3.05) is 11.1 Å². The molecule has 0 saturated carbocycles. The quantitative estimate of drug-likeness (QED) is 0.639. The van der Waals surface area contributed by atoms with E-state index in [1.807, 2.05) is 0 Å². The number of thioether (sulfide) groups is 1. The van der Waals surface area contributed by atoms with Gasteiger partial charge in [-0.25, -0.2) is 4.98 Å². The van der Waals surface area contributed by atoms with Crippen LogP contribution in [0.3, 0.4) is 0 Å². The molecule has 0 bridgehead atoms. The summed E-state index contributed by atoms with van der Waals surface area (Å²) in [6.07, 6.45) is 2.06. The standard InChI is InChI=1S/C16H15ClN2O2S/c1-2-15(21)19-12-7-5-11(6-8-12)14(20)10-22-16-13(17)4-3-9-18-16/h3-9H,2,10H2,1H3,(H,19,21). The van der Waals surface area contributed by atoms with Gasteiger partial charge in [-0.05, 0) is 36.4 Å². The molecular formula is C16H15ClN2O2S. The molecule has 22 heavy (non-hydrogen) atoms. The number of Topliss-reactive ketones (excluding diaryl/α,β-unsaturated/α-hetero) is 1. The fourth-order valence-electron chi connectivity index (χ4n) is 1.68. The summed E-state index contributed by atoms with van der Waals surface area (Å²) in [5.41, 5.74) is 1.28. The van der Waals surface area contributed by atoms with Gasteiger partial charge in [0, 0.05) is 23.9 Å². The number of anilines is 1. The lowest BCUT2D eigenvalue weighted by Gasteiger charge is -2.05. The average Bonchev–Trinajstić information content (AvgIpc) is 2.54. The normalized spacial score (nSPS) is 10.3. The fraction of sp³-hybridized carbons (Fsp3) is 0.188. The third kappa shape index (κ3) is 4.58. The number of benzene rings is 1. The Labute approximate surface area is 138 Å². The number of nitrogens with zero attached hydrogens (tertiary/aromatic N) is 1. The first-order valence-electron chi connectivity index (χ1n) is 6.76. The Morgan fingerprint density at radius 3 is 2.59 bits per heavy atom. The van der Waals surface area contributed by atoms with Gasteiger partial charge in [0.05, 0.1) is 10.8 Å². The molecule has 0 spiro atoms. The van der Waals surface area contributed by atoms with E-state index in [4.69, 9.17) is 11.6 Å².